The van der Waals surface area contributed by atoms with Gasteiger partial charge in [-0.3, -0.25) is 10.3 Å². The van der Waals surface area contributed by atoms with Crippen molar-refractivity contribution in [1.82, 2.24) is 5.10 Å². The number of aryl methyl sites for hydroxylation is 1. The number of aromatic nitrogens is 2. The molecule has 19 heavy (non-hydrogen) atoms. The molecule has 0 amide bonds. The van der Waals surface area contributed by atoms with E-state index in [1.165, 1.54) is 11.3 Å². The van der Waals surface area contributed by atoms with E-state index in [0.717, 1.165) is 10.6 Å². The van der Waals surface area contributed by atoms with Crippen molar-refractivity contribution in [2.24, 2.45) is 0 Å². The van der Waals surface area contributed by atoms with Crippen molar-refractivity contribution in [3.8, 4) is 10.6 Å². The SMILES string of the molecule is Nc1sc(-c2ccccc2)n[n+]1CCCS(=O)(=O)O. The van der Waals surface area contributed by atoms with Crippen LogP contribution in [0.5, 0.6) is 0 Å². The maximum Gasteiger partial charge on any atom is 0.354 e. The van der Waals surface area contributed by atoms with Gasteiger partial charge in [-0.1, -0.05) is 35.4 Å². The van der Waals surface area contributed by atoms with E-state index in [0.29, 0.717) is 11.7 Å². The number of hydrogen-bond acceptors (Lipinski definition) is 5. The second-order valence-corrected chi connectivity index (χ2v) is 6.56. The average molecular weight is 300 g/mol. The normalized spacial score (nSPS) is 11.6. The Kier molecular flexibility index (Phi) is 4.13. The molecule has 8 heteroatoms. The Labute approximate surface area is 115 Å². The van der Waals surface area contributed by atoms with Crippen LogP contribution in [0.15, 0.2) is 30.3 Å². The van der Waals surface area contributed by atoms with Gasteiger partial charge in [-0.25, -0.2) is 0 Å². The summed E-state index contributed by atoms with van der Waals surface area (Å²) in [6.07, 6.45) is 0.270. The van der Waals surface area contributed by atoms with Gasteiger partial charge in [0.25, 0.3) is 10.1 Å². The van der Waals surface area contributed by atoms with Crippen molar-refractivity contribution in [3.63, 3.8) is 0 Å². The molecule has 6 nitrogen and oxygen atoms in total. The standard InChI is InChI=1S/C11H13N3O3S2/c12-11-14(7-4-8-19(15,16)17)13-10(18-11)9-5-2-1-3-6-9/h1-3,5-6,12H,4,7-8H2,(H,15,16,17)/p+1. The highest BCUT2D eigenvalue weighted by atomic mass is 32.2. The molecule has 3 N–H and O–H groups in total. The molecule has 102 valence electrons. The van der Waals surface area contributed by atoms with Gasteiger partial charge >= 0.3 is 5.13 Å². The van der Waals surface area contributed by atoms with Crippen LogP contribution >= 0.6 is 11.3 Å². The minimum Gasteiger partial charge on any atom is -0.286 e. The summed E-state index contributed by atoms with van der Waals surface area (Å²) < 4.78 is 31.5. The number of nitrogen functional groups attached to an aromatic ring is 1. The maximum absolute atomic E-state index is 10.6. The molecule has 0 saturated heterocycles. The molecule has 0 spiro atoms. The Hall–Kier alpha value is -1.51. The van der Waals surface area contributed by atoms with Crippen molar-refractivity contribution >= 4 is 26.6 Å². The smallest absolute Gasteiger partial charge is 0.286 e. The van der Waals surface area contributed by atoms with E-state index < -0.39 is 10.1 Å². The fourth-order valence-corrected chi connectivity index (χ4v) is 2.91. The predicted molar refractivity (Wildman–Crippen MR) is 73.2 cm³/mol. The van der Waals surface area contributed by atoms with E-state index in [4.69, 9.17) is 10.3 Å². The second-order valence-electron chi connectivity index (χ2n) is 3.97. The molecule has 0 aliphatic heterocycles. The van der Waals surface area contributed by atoms with Gasteiger partial charge in [-0.2, -0.15) is 8.42 Å². The zero-order valence-electron chi connectivity index (χ0n) is 10.1. The molecule has 0 radical (unpaired) electrons. The topological polar surface area (TPSA) is 97.2 Å². The minimum atomic E-state index is -3.93. The summed E-state index contributed by atoms with van der Waals surface area (Å²) >= 11 is 1.34. The van der Waals surface area contributed by atoms with E-state index >= 15 is 0 Å². The Bertz CT molecular complexity index is 653. The van der Waals surface area contributed by atoms with Crippen LogP contribution in [0.2, 0.25) is 0 Å². The Morgan fingerprint density at radius 2 is 2.00 bits per heavy atom. The first-order valence-corrected chi connectivity index (χ1v) is 8.05. The van der Waals surface area contributed by atoms with Gasteiger partial charge in [0.05, 0.1) is 5.75 Å². The Morgan fingerprint density at radius 1 is 1.32 bits per heavy atom. The molecule has 0 atom stereocenters. The molecular formula is C11H14N3O3S2+. The molecule has 1 heterocycles. The zero-order chi connectivity index (χ0) is 13.9. The second kappa shape index (κ2) is 5.64. The summed E-state index contributed by atoms with van der Waals surface area (Å²) in [6, 6.07) is 9.60. The van der Waals surface area contributed by atoms with E-state index in [-0.39, 0.29) is 12.2 Å². The van der Waals surface area contributed by atoms with Gasteiger partial charge in [0.15, 0.2) is 5.01 Å². The van der Waals surface area contributed by atoms with Crippen molar-refractivity contribution in [2.45, 2.75) is 13.0 Å². The fraction of sp³-hybridized carbons (Fsp3) is 0.273. The molecule has 1 aromatic carbocycles. The molecule has 0 unspecified atom stereocenters. The third-order valence-electron chi connectivity index (χ3n) is 2.46. The number of hydrogen-bond donors (Lipinski definition) is 2. The first kappa shape index (κ1) is 13.9. The van der Waals surface area contributed by atoms with E-state index in [1.54, 1.807) is 4.68 Å². The van der Waals surface area contributed by atoms with Gasteiger partial charge in [-0.05, 0) is 11.3 Å². The molecule has 2 rings (SSSR count). The molecule has 1 aromatic heterocycles. The van der Waals surface area contributed by atoms with Gasteiger partial charge in [-0.15, -0.1) is 4.68 Å². The highest BCUT2D eigenvalue weighted by molar-refractivity contribution is 7.85. The summed E-state index contributed by atoms with van der Waals surface area (Å²) in [6.45, 7) is 0.356. The number of anilines is 1. The number of nitrogens with zero attached hydrogens (tertiary/aromatic N) is 2. The van der Waals surface area contributed by atoms with Crippen molar-refractivity contribution < 1.29 is 17.7 Å². The third-order valence-corrected chi connectivity index (χ3v) is 4.20. The Balaban J connectivity index is 2.09. The molecule has 0 aliphatic rings. The minimum absolute atomic E-state index is 0.270. The molecule has 0 fully saturated rings. The lowest BCUT2D eigenvalue weighted by Crippen LogP contribution is -2.38. The largest absolute Gasteiger partial charge is 0.354 e. The van der Waals surface area contributed by atoms with Crippen LogP contribution in [0.4, 0.5) is 5.13 Å². The fourth-order valence-electron chi connectivity index (χ4n) is 1.59. The van der Waals surface area contributed by atoms with Crippen molar-refractivity contribution in [1.29, 1.82) is 0 Å². The predicted octanol–water partition coefficient (Wildman–Crippen LogP) is 0.958. The summed E-state index contributed by atoms with van der Waals surface area (Å²) in [5.41, 5.74) is 6.80. The van der Waals surface area contributed by atoms with Gasteiger partial charge in [0.1, 0.15) is 6.54 Å². The molecule has 0 aliphatic carbocycles. The first-order chi connectivity index (χ1) is 8.96. The van der Waals surface area contributed by atoms with Gasteiger partial charge in [0, 0.05) is 12.0 Å². The molecule has 2 aromatic rings. The summed E-state index contributed by atoms with van der Waals surface area (Å²) in [5, 5.41) is 5.62. The monoisotopic (exact) mass is 300 g/mol. The first-order valence-electron chi connectivity index (χ1n) is 5.63. The summed E-state index contributed by atoms with van der Waals surface area (Å²) in [7, 11) is -3.93. The van der Waals surface area contributed by atoms with Crippen LogP contribution in [-0.4, -0.2) is 23.8 Å². The lowest BCUT2D eigenvalue weighted by Gasteiger charge is -1.95. The van der Waals surface area contributed by atoms with Crippen LogP contribution in [0.1, 0.15) is 6.42 Å². The lowest BCUT2D eigenvalue weighted by atomic mass is 10.2. The Morgan fingerprint density at radius 3 is 2.63 bits per heavy atom. The highest BCUT2D eigenvalue weighted by Crippen LogP contribution is 2.23. The maximum atomic E-state index is 10.6. The third kappa shape index (κ3) is 3.98. The highest BCUT2D eigenvalue weighted by Gasteiger charge is 2.15. The van der Waals surface area contributed by atoms with Gasteiger partial charge in [0.2, 0.25) is 0 Å². The molecule has 0 saturated carbocycles. The lowest BCUT2D eigenvalue weighted by molar-refractivity contribution is -0.735. The summed E-state index contributed by atoms with van der Waals surface area (Å²) in [5.74, 6) is -0.294. The molecular weight excluding hydrogens is 286 g/mol. The van der Waals surface area contributed by atoms with Crippen LogP contribution in [0.3, 0.4) is 0 Å². The van der Waals surface area contributed by atoms with Crippen LogP contribution in [0, 0.1) is 0 Å². The van der Waals surface area contributed by atoms with E-state index in [2.05, 4.69) is 5.10 Å². The number of benzene rings is 1. The number of nitrogens with two attached hydrogens (primary N) is 1. The summed E-state index contributed by atoms with van der Waals surface area (Å²) in [4.78, 5) is 0. The molecule has 0 bridgehead atoms. The van der Waals surface area contributed by atoms with E-state index in [1.807, 2.05) is 30.3 Å². The van der Waals surface area contributed by atoms with Gasteiger partial charge < -0.3 is 0 Å². The van der Waals surface area contributed by atoms with E-state index in [9.17, 15) is 8.42 Å². The quantitative estimate of drug-likeness (QED) is 0.633. The van der Waals surface area contributed by atoms with Crippen molar-refractivity contribution in [2.75, 3.05) is 11.5 Å². The number of rotatable bonds is 5. The zero-order valence-corrected chi connectivity index (χ0v) is 11.7. The average Bonchev–Trinajstić information content (AvgIpc) is 2.71. The van der Waals surface area contributed by atoms with Crippen LogP contribution in [0.25, 0.3) is 10.6 Å². The van der Waals surface area contributed by atoms with Crippen LogP contribution in [-0.2, 0) is 16.7 Å². The van der Waals surface area contributed by atoms with Crippen LogP contribution < -0.4 is 10.4 Å². The van der Waals surface area contributed by atoms with Crippen molar-refractivity contribution in [3.05, 3.63) is 30.3 Å².